The van der Waals surface area contributed by atoms with Crippen LogP contribution in [0.1, 0.15) is 64.1 Å². The number of hydrogen-bond donors (Lipinski definition) is 2. The van der Waals surface area contributed by atoms with Gasteiger partial charge in [0.2, 0.25) is 5.95 Å². The number of rotatable bonds is 9. The smallest absolute Gasteiger partial charge is 0.223 e. The first-order chi connectivity index (χ1) is 14.8. The molecule has 3 heterocycles. The number of aryl methyl sites for hydroxylation is 1. The van der Waals surface area contributed by atoms with Gasteiger partial charge < -0.3 is 15.4 Å². The first-order valence-corrected chi connectivity index (χ1v) is 11.7. The second-order valence-corrected chi connectivity index (χ2v) is 9.39. The molecule has 0 unspecified atom stereocenters. The second-order valence-electron chi connectivity index (χ2n) is 9.39. The number of carbonyl (C=O) groups excluding carboxylic acids is 1. The maximum Gasteiger partial charge on any atom is 0.223 e. The third kappa shape index (κ3) is 5.80. The van der Waals surface area contributed by atoms with Gasteiger partial charge in [-0.25, -0.2) is 9.97 Å². The van der Waals surface area contributed by atoms with E-state index in [4.69, 9.17) is 9.72 Å². The van der Waals surface area contributed by atoms with Gasteiger partial charge >= 0.3 is 0 Å². The Morgan fingerprint density at radius 2 is 2.03 bits per heavy atom. The van der Waals surface area contributed by atoms with E-state index in [1.54, 1.807) is 0 Å². The van der Waals surface area contributed by atoms with Gasteiger partial charge in [0.05, 0.1) is 0 Å². The summed E-state index contributed by atoms with van der Waals surface area (Å²) in [6, 6.07) is 0.339. The van der Waals surface area contributed by atoms with Gasteiger partial charge in [-0.3, -0.25) is 4.79 Å². The molecule has 2 aliphatic rings. The van der Waals surface area contributed by atoms with Crippen LogP contribution in [0.4, 0.5) is 5.95 Å². The lowest BCUT2D eigenvalue weighted by atomic mass is 9.74. The van der Waals surface area contributed by atoms with Crippen molar-refractivity contribution in [2.75, 3.05) is 31.6 Å². The van der Waals surface area contributed by atoms with Gasteiger partial charge in [-0.05, 0) is 63.1 Å². The van der Waals surface area contributed by atoms with Crippen LogP contribution in [0.25, 0.3) is 0 Å². The summed E-state index contributed by atoms with van der Waals surface area (Å²) >= 11 is 0. The number of aromatic nitrogens is 2. The summed E-state index contributed by atoms with van der Waals surface area (Å²) in [5.74, 6) is 1.10. The van der Waals surface area contributed by atoms with Crippen molar-refractivity contribution in [3.8, 4) is 0 Å². The molecule has 6 heteroatoms. The molecular formula is C25H38N4O2. The normalized spacial score (nSPS) is 20.3. The lowest BCUT2D eigenvalue weighted by Crippen LogP contribution is -2.32. The molecular weight excluding hydrogens is 388 g/mol. The van der Waals surface area contributed by atoms with Gasteiger partial charge in [0.25, 0.3) is 0 Å². The molecule has 0 spiro atoms. The number of carbonyl (C=O) groups is 1. The summed E-state index contributed by atoms with van der Waals surface area (Å²) in [5, 5.41) is 6.85. The Bertz CT molecular complexity index is 806. The van der Waals surface area contributed by atoms with Crippen molar-refractivity contribution in [3.63, 3.8) is 0 Å². The Kier molecular flexibility index (Phi) is 8.00. The quantitative estimate of drug-likeness (QED) is 0.582. The van der Waals surface area contributed by atoms with Gasteiger partial charge in [0.15, 0.2) is 5.78 Å². The van der Waals surface area contributed by atoms with E-state index in [0.717, 1.165) is 76.1 Å². The Balaban J connectivity index is 1.71. The van der Waals surface area contributed by atoms with E-state index in [1.165, 1.54) is 0 Å². The first-order valence-electron chi connectivity index (χ1n) is 11.7. The number of ether oxygens (including phenoxy) is 1. The van der Waals surface area contributed by atoms with Gasteiger partial charge in [0, 0.05) is 47.7 Å². The minimum Gasteiger partial charge on any atom is -0.381 e. The molecule has 0 bridgehead atoms. The van der Waals surface area contributed by atoms with Crippen LogP contribution in [0.15, 0.2) is 30.5 Å². The van der Waals surface area contributed by atoms with Crippen molar-refractivity contribution in [2.24, 2.45) is 5.92 Å². The van der Waals surface area contributed by atoms with Crippen molar-refractivity contribution in [3.05, 3.63) is 41.8 Å². The van der Waals surface area contributed by atoms with E-state index in [0.29, 0.717) is 29.1 Å². The highest BCUT2D eigenvalue weighted by Gasteiger charge is 2.33. The van der Waals surface area contributed by atoms with Crippen LogP contribution in [0.3, 0.4) is 0 Å². The predicted molar refractivity (Wildman–Crippen MR) is 125 cm³/mol. The lowest BCUT2D eigenvalue weighted by molar-refractivity contribution is -0.113. The van der Waals surface area contributed by atoms with Crippen LogP contribution in [0, 0.1) is 5.92 Å². The fourth-order valence-electron chi connectivity index (χ4n) is 4.50. The molecule has 3 rings (SSSR count). The first kappa shape index (κ1) is 23.6. The van der Waals surface area contributed by atoms with Crippen molar-refractivity contribution >= 4 is 11.7 Å². The van der Waals surface area contributed by atoms with Crippen LogP contribution in [-0.2, 0) is 21.4 Å². The Morgan fingerprint density at radius 1 is 1.29 bits per heavy atom. The fraction of sp³-hybridized carbons (Fsp3) is 0.640. The minimum atomic E-state index is -0.562. The highest BCUT2D eigenvalue weighted by molar-refractivity contribution is 6.09. The molecule has 1 atom stereocenters. The van der Waals surface area contributed by atoms with Crippen LogP contribution in [-0.4, -0.2) is 48.1 Å². The van der Waals surface area contributed by atoms with Crippen LogP contribution >= 0.6 is 0 Å². The summed E-state index contributed by atoms with van der Waals surface area (Å²) in [7, 11) is 0. The highest BCUT2D eigenvalue weighted by atomic mass is 16.5. The monoisotopic (exact) mass is 426 g/mol. The summed E-state index contributed by atoms with van der Waals surface area (Å²) < 4.78 is 5.43. The zero-order valence-corrected chi connectivity index (χ0v) is 19.4. The number of piperidine rings is 1. The molecule has 0 aliphatic carbocycles. The molecule has 0 aromatic carbocycles. The fourth-order valence-corrected chi connectivity index (χ4v) is 4.50. The van der Waals surface area contributed by atoms with E-state index in [1.807, 2.05) is 20.0 Å². The third-order valence-electron chi connectivity index (χ3n) is 6.71. The van der Waals surface area contributed by atoms with E-state index >= 15 is 0 Å². The van der Waals surface area contributed by atoms with E-state index in [-0.39, 0.29) is 5.78 Å². The maximum atomic E-state index is 13.2. The average molecular weight is 427 g/mol. The molecule has 2 saturated heterocycles. The summed E-state index contributed by atoms with van der Waals surface area (Å²) in [4.78, 5) is 22.5. The molecule has 31 heavy (non-hydrogen) atoms. The third-order valence-corrected chi connectivity index (χ3v) is 6.71. The van der Waals surface area contributed by atoms with Gasteiger partial charge in [-0.2, -0.15) is 0 Å². The van der Waals surface area contributed by atoms with E-state index in [9.17, 15) is 4.79 Å². The van der Waals surface area contributed by atoms with Crippen LogP contribution < -0.4 is 10.6 Å². The van der Waals surface area contributed by atoms with Crippen LogP contribution in [0.2, 0.25) is 0 Å². The lowest BCUT2D eigenvalue weighted by Gasteiger charge is -2.30. The van der Waals surface area contributed by atoms with Gasteiger partial charge in [-0.15, -0.1) is 0 Å². The molecule has 0 saturated carbocycles. The number of hydrogen-bond acceptors (Lipinski definition) is 6. The molecule has 170 valence electrons. The van der Waals surface area contributed by atoms with Crippen LogP contribution in [0.5, 0.6) is 0 Å². The predicted octanol–water partition coefficient (Wildman–Crippen LogP) is 3.98. The SMILES string of the molecule is C=C(C[C@H]1CCCNC1)C(=O)C(=C)C(C)(C)c1cnc(NC2CCOCC2)nc1CC. The average Bonchev–Trinajstić information content (AvgIpc) is 2.79. The Labute approximate surface area is 187 Å². The van der Waals surface area contributed by atoms with Crippen molar-refractivity contribution in [2.45, 2.75) is 70.8 Å². The summed E-state index contributed by atoms with van der Waals surface area (Å²) in [5.41, 5.74) is 2.56. The summed E-state index contributed by atoms with van der Waals surface area (Å²) in [6.07, 6.45) is 7.57. The zero-order valence-electron chi connectivity index (χ0n) is 19.4. The Hall–Kier alpha value is -2.05. The molecule has 2 N–H and O–H groups in total. The number of anilines is 1. The van der Waals surface area contributed by atoms with E-state index < -0.39 is 5.41 Å². The van der Waals surface area contributed by atoms with Crippen molar-refractivity contribution in [1.82, 2.24) is 15.3 Å². The molecule has 6 nitrogen and oxygen atoms in total. The topological polar surface area (TPSA) is 76.1 Å². The molecule has 2 aliphatic heterocycles. The second kappa shape index (κ2) is 10.5. The molecule has 0 amide bonds. The standard InChI is InChI=1S/C25H38N4O2/c1-6-22-21(16-27-24(29-22)28-20-9-12-31-13-10-20)25(4,5)18(3)23(30)17(2)14-19-8-7-11-26-15-19/h16,19-20,26H,2-3,6-15H2,1,4-5H3,(H,27,28,29)/t19-/m1/s1. The zero-order chi connectivity index (χ0) is 22.4. The number of ketones is 1. The Morgan fingerprint density at radius 3 is 2.68 bits per heavy atom. The maximum absolute atomic E-state index is 13.2. The number of nitrogens with one attached hydrogen (secondary N) is 2. The minimum absolute atomic E-state index is 0.0259. The van der Waals surface area contributed by atoms with Gasteiger partial charge in [0.1, 0.15) is 0 Å². The summed E-state index contributed by atoms with van der Waals surface area (Å²) in [6.45, 7) is 18.0. The largest absolute Gasteiger partial charge is 0.381 e. The highest BCUT2D eigenvalue weighted by Crippen LogP contribution is 2.35. The van der Waals surface area contributed by atoms with Gasteiger partial charge in [-0.1, -0.05) is 33.9 Å². The van der Waals surface area contributed by atoms with Crippen molar-refractivity contribution in [1.29, 1.82) is 0 Å². The molecule has 1 aromatic rings. The van der Waals surface area contributed by atoms with Crippen molar-refractivity contribution < 1.29 is 9.53 Å². The number of Topliss-reactive ketones (excluding diaryl/α,β-unsaturated/α-hetero) is 1. The van der Waals surface area contributed by atoms with E-state index in [2.05, 4.69) is 35.7 Å². The number of allylic oxidation sites excluding steroid dienone is 2. The number of nitrogens with zero attached hydrogens (tertiary/aromatic N) is 2. The molecule has 2 fully saturated rings. The molecule has 1 aromatic heterocycles. The molecule has 0 radical (unpaired) electrons.